The Balaban J connectivity index is 1.70. The Hall–Kier alpha value is -2.62. The highest BCUT2D eigenvalue weighted by molar-refractivity contribution is 6.01. The molecule has 3 rings (SSSR count). The molecule has 0 radical (unpaired) electrons. The Morgan fingerprint density at radius 2 is 1.65 bits per heavy atom. The number of hydrogen-bond acceptors (Lipinski definition) is 4. The van der Waals surface area contributed by atoms with Gasteiger partial charge in [-0.05, 0) is 67.6 Å². The van der Waals surface area contributed by atoms with Crippen LogP contribution in [0.15, 0.2) is 42.5 Å². The highest BCUT2D eigenvalue weighted by Gasteiger charge is 2.22. The van der Waals surface area contributed by atoms with Crippen molar-refractivity contribution in [2.24, 2.45) is 0 Å². The second-order valence-corrected chi connectivity index (χ2v) is 5.80. The van der Waals surface area contributed by atoms with Crippen molar-refractivity contribution < 1.29 is 19.4 Å². The molecular weight excluding hydrogens is 292 g/mol. The Bertz CT molecular complexity index is 746. The fraction of sp³-hybridized carbons (Fsp3) is 0.263. The molecule has 1 aliphatic rings. The number of aromatic hydroxyl groups is 1. The summed E-state index contributed by atoms with van der Waals surface area (Å²) in [5.41, 5.74) is 3.40. The van der Waals surface area contributed by atoms with Crippen molar-refractivity contribution in [3.63, 3.8) is 0 Å². The van der Waals surface area contributed by atoms with Gasteiger partial charge < -0.3 is 9.84 Å². The SMILES string of the molecule is C[C@H](OC(=O)c1ccc(O)cc1)C(=O)c1ccc2c(c1)CCC2. The standard InChI is InChI=1S/C19H18O4/c1-12(23-19(22)14-7-9-17(20)10-8-14)18(21)16-6-5-13-3-2-4-15(13)11-16/h5-12,20H,2-4H2,1H3/t12-/m0/s1. The van der Waals surface area contributed by atoms with Gasteiger partial charge in [0.2, 0.25) is 5.78 Å². The second-order valence-electron chi connectivity index (χ2n) is 5.80. The molecule has 0 spiro atoms. The van der Waals surface area contributed by atoms with Gasteiger partial charge >= 0.3 is 5.97 Å². The van der Waals surface area contributed by atoms with Gasteiger partial charge in [0, 0.05) is 5.56 Å². The van der Waals surface area contributed by atoms with Crippen LogP contribution in [0.4, 0.5) is 0 Å². The van der Waals surface area contributed by atoms with Crippen LogP contribution >= 0.6 is 0 Å². The van der Waals surface area contributed by atoms with Crippen LogP contribution in [0.5, 0.6) is 5.75 Å². The van der Waals surface area contributed by atoms with Crippen molar-refractivity contribution in [2.75, 3.05) is 0 Å². The third kappa shape index (κ3) is 3.26. The predicted molar refractivity (Wildman–Crippen MR) is 85.8 cm³/mol. The highest BCUT2D eigenvalue weighted by Crippen LogP contribution is 2.23. The Morgan fingerprint density at radius 3 is 2.39 bits per heavy atom. The molecule has 4 nitrogen and oxygen atoms in total. The van der Waals surface area contributed by atoms with E-state index in [9.17, 15) is 14.7 Å². The summed E-state index contributed by atoms with van der Waals surface area (Å²) in [5.74, 6) is -0.706. The minimum atomic E-state index is -0.851. The maximum Gasteiger partial charge on any atom is 0.338 e. The van der Waals surface area contributed by atoms with Crippen molar-refractivity contribution in [3.8, 4) is 5.75 Å². The summed E-state index contributed by atoms with van der Waals surface area (Å²) < 4.78 is 5.24. The number of carbonyl (C=O) groups excluding carboxylic acids is 2. The maximum atomic E-state index is 12.4. The molecule has 0 aromatic heterocycles. The summed E-state index contributed by atoms with van der Waals surface area (Å²) >= 11 is 0. The molecule has 0 saturated heterocycles. The molecule has 1 aliphatic carbocycles. The lowest BCUT2D eigenvalue weighted by molar-refractivity contribution is 0.0319. The number of carbonyl (C=O) groups is 2. The topological polar surface area (TPSA) is 63.6 Å². The quantitative estimate of drug-likeness (QED) is 0.695. The minimum absolute atomic E-state index is 0.0730. The Morgan fingerprint density at radius 1 is 1.00 bits per heavy atom. The number of hydrogen-bond donors (Lipinski definition) is 1. The van der Waals surface area contributed by atoms with Gasteiger partial charge in [-0.2, -0.15) is 0 Å². The normalized spacial score (nSPS) is 14.1. The van der Waals surface area contributed by atoms with Crippen molar-refractivity contribution in [1.82, 2.24) is 0 Å². The molecule has 0 bridgehead atoms. The first-order valence-electron chi connectivity index (χ1n) is 7.70. The summed E-state index contributed by atoms with van der Waals surface area (Å²) in [6.07, 6.45) is 2.34. The van der Waals surface area contributed by atoms with Gasteiger partial charge in [0.25, 0.3) is 0 Å². The average Bonchev–Trinajstić information content (AvgIpc) is 3.02. The summed E-state index contributed by atoms with van der Waals surface area (Å²) in [6, 6.07) is 11.4. The number of ether oxygens (including phenoxy) is 1. The molecule has 2 aromatic carbocycles. The molecule has 1 N–H and O–H groups in total. The molecule has 0 amide bonds. The van der Waals surface area contributed by atoms with Gasteiger partial charge in [-0.25, -0.2) is 4.79 Å². The Labute approximate surface area is 134 Å². The molecule has 0 unspecified atom stereocenters. The van der Waals surface area contributed by atoms with E-state index in [4.69, 9.17) is 4.74 Å². The fourth-order valence-electron chi connectivity index (χ4n) is 2.84. The zero-order chi connectivity index (χ0) is 16.4. The second kappa shape index (κ2) is 6.24. The van der Waals surface area contributed by atoms with E-state index < -0.39 is 12.1 Å². The van der Waals surface area contributed by atoms with E-state index in [0.717, 1.165) is 19.3 Å². The van der Waals surface area contributed by atoms with E-state index >= 15 is 0 Å². The van der Waals surface area contributed by atoms with Crippen LogP contribution < -0.4 is 0 Å². The van der Waals surface area contributed by atoms with E-state index in [-0.39, 0.29) is 11.5 Å². The number of ketones is 1. The first-order valence-corrected chi connectivity index (χ1v) is 7.70. The number of aryl methyl sites for hydroxylation is 2. The van der Waals surface area contributed by atoms with Crippen molar-refractivity contribution in [1.29, 1.82) is 0 Å². The molecular formula is C19H18O4. The summed E-state index contributed by atoms with van der Waals surface area (Å²) in [5, 5.41) is 9.23. The number of benzene rings is 2. The lowest BCUT2D eigenvalue weighted by Gasteiger charge is -2.13. The van der Waals surface area contributed by atoms with Crippen LogP contribution in [0.3, 0.4) is 0 Å². The van der Waals surface area contributed by atoms with Gasteiger partial charge in [-0.15, -0.1) is 0 Å². The van der Waals surface area contributed by atoms with E-state index in [0.29, 0.717) is 11.1 Å². The number of esters is 1. The third-order valence-electron chi connectivity index (χ3n) is 4.14. The molecule has 0 aliphatic heterocycles. The van der Waals surface area contributed by atoms with Gasteiger partial charge in [0.05, 0.1) is 5.56 Å². The fourth-order valence-corrected chi connectivity index (χ4v) is 2.84. The number of Topliss-reactive ketones (excluding diaryl/α,β-unsaturated/α-hetero) is 1. The molecule has 1 atom stereocenters. The molecule has 0 saturated carbocycles. The minimum Gasteiger partial charge on any atom is -0.508 e. The first-order chi connectivity index (χ1) is 11.0. The van der Waals surface area contributed by atoms with Crippen LogP contribution in [0.25, 0.3) is 0 Å². The number of rotatable bonds is 4. The van der Waals surface area contributed by atoms with Gasteiger partial charge in [-0.1, -0.05) is 12.1 Å². The first kappa shape index (κ1) is 15.3. The summed E-state index contributed by atoms with van der Waals surface area (Å²) in [4.78, 5) is 24.5. The lowest BCUT2D eigenvalue weighted by atomic mass is 10.0. The lowest BCUT2D eigenvalue weighted by Crippen LogP contribution is -2.24. The van der Waals surface area contributed by atoms with Gasteiger partial charge in [0.1, 0.15) is 5.75 Å². The van der Waals surface area contributed by atoms with E-state index in [1.54, 1.807) is 13.0 Å². The zero-order valence-electron chi connectivity index (χ0n) is 12.9. The van der Waals surface area contributed by atoms with Gasteiger partial charge in [-0.3, -0.25) is 4.79 Å². The molecule has 0 heterocycles. The van der Waals surface area contributed by atoms with Crippen LogP contribution in [-0.4, -0.2) is 23.0 Å². The van der Waals surface area contributed by atoms with Gasteiger partial charge in [0.15, 0.2) is 6.10 Å². The van der Waals surface area contributed by atoms with Crippen molar-refractivity contribution in [2.45, 2.75) is 32.3 Å². The molecule has 4 heteroatoms. The predicted octanol–water partition coefficient (Wildman–Crippen LogP) is 3.31. The van der Waals surface area contributed by atoms with Crippen molar-refractivity contribution >= 4 is 11.8 Å². The third-order valence-corrected chi connectivity index (χ3v) is 4.14. The van der Waals surface area contributed by atoms with E-state index in [1.807, 2.05) is 12.1 Å². The van der Waals surface area contributed by atoms with Crippen LogP contribution in [0, 0.1) is 0 Å². The molecule has 118 valence electrons. The maximum absolute atomic E-state index is 12.4. The summed E-state index contributed by atoms with van der Waals surface area (Å²) in [6.45, 7) is 1.58. The smallest absolute Gasteiger partial charge is 0.338 e. The highest BCUT2D eigenvalue weighted by atomic mass is 16.5. The van der Waals surface area contributed by atoms with Crippen LogP contribution in [0.2, 0.25) is 0 Å². The monoisotopic (exact) mass is 310 g/mol. The molecule has 0 fully saturated rings. The average molecular weight is 310 g/mol. The van der Waals surface area contributed by atoms with E-state index in [2.05, 4.69) is 0 Å². The number of fused-ring (bicyclic) bond motifs is 1. The summed E-state index contributed by atoms with van der Waals surface area (Å²) in [7, 11) is 0. The number of phenols is 1. The molecule has 23 heavy (non-hydrogen) atoms. The molecule has 2 aromatic rings. The van der Waals surface area contributed by atoms with Crippen molar-refractivity contribution in [3.05, 3.63) is 64.7 Å². The van der Waals surface area contributed by atoms with E-state index in [1.165, 1.54) is 35.4 Å². The Kier molecular flexibility index (Phi) is 4.15. The zero-order valence-corrected chi connectivity index (χ0v) is 12.9. The number of phenolic OH excluding ortho intramolecular Hbond substituents is 1. The largest absolute Gasteiger partial charge is 0.508 e. The van der Waals surface area contributed by atoms with Crippen LogP contribution in [0.1, 0.15) is 45.2 Å². The van der Waals surface area contributed by atoms with Crippen LogP contribution in [-0.2, 0) is 17.6 Å².